The standard InChI is InChI=1S/C12H21N5O3/c1-17(7-12(18)3-5-20-6-4-12)11-9(19-2)10(16-13)14-8-15-11/h8,18H,3-7,13H2,1-2H3,(H,14,15,16). The molecule has 20 heavy (non-hydrogen) atoms. The van der Waals surface area contributed by atoms with Crippen molar-refractivity contribution in [1.29, 1.82) is 0 Å². The van der Waals surface area contributed by atoms with E-state index in [1.165, 1.54) is 13.4 Å². The first-order chi connectivity index (χ1) is 9.59. The summed E-state index contributed by atoms with van der Waals surface area (Å²) in [5.41, 5.74) is 1.69. The van der Waals surface area contributed by atoms with Crippen molar-refractivity contribution in [3.8, 4) is 5.75 Å². The third-order valence-corrected chi connectivity index (χ3v) is 3.44. The number of methoxy groups -OCH3 is 1. The number of anilines is 2. The number of ether oxygens (including phenoxy) is 2. The maximum Gasteiger partial charge on any atom is 0.205 e. The van der Waals surface area contributed by atoms with Crippen molar-refractivity contribution in [2.24, 2.45) is 5.84 Å². The van der Waals surface area contributed by atoms with E-state index in [9.17, 15) is 5.11 Å². The Morgan fingerprint density at radius 2 is 2.20 bits per heavy atom. The van der Waals surface area contributed by atoms with Crippen molar-refractivity contribution in [2.75, 3.05) is 44.2 Å². The van der Waals surface area contributed by atoms with Crippen LogP contribution in [-0.4, -0.2) is 54.6 Å². The van der Waals surface area contributed by atoms with Gasteiger partial charge in [-0.2, -0.15) is 0 Å². The van der Waals surface area contributed by atoms with E-state index >= 15 is 0 Å². The zero-order valence-electron chi connectivity index (χ0n) is 11.8. The van der Waals surface area contributed by atoms with Crippen LogP contribution in [-0.2, 0) is 4.74 Å². The first-order valence-corrected chi connectivity index (χ1v) is 6.46. The molecule has 1 aromatic heterocycles. The molecule has 0 unspecified atom stereocenters. The summed E-state index contributed by atoms with van der Waals surface area (Å²) in [6, 6.07) is 0. The zero-order valence-corrected chi connectivity index (χ0v) is 11.8. The molecule has 112 valence electrons. The molecule has 4 N–H and O–H groups in total. The molecular weight excluding hydrogens is 262 g/mol. The molecule has 0 amide bonds. The van der Waals surface area contributed by atoms with Gasteiger partial charge in [-0.25, -0.2) is 15.8 Å². The van der Waals surface area contributed by atoms with Gasteiger partial charge in [-0.05, 0) is 0 Å². The fourth-order valence-corrected chi connectivity index (χ4v) is 2.35. The molecule has 1 aliphatic rings. The molecule has 0 radical (unpaired) electrons. The van der Waals surface area contributed by atoms with Gasteiger partial charge in [0.25, 0.3) is 0 Å². The zero-order chi connectivity index (χ0) is 14.6. The lowest BCUT2D eigenvalue weighted by molar-refractivity contribution is -0.0573. The average molecular weight is 283 g/mol. The van der Waals surface area contributed by atoms with Crippen molar-refractivity contribution in [2.45, 2.75) is 18.4 Å². The highest BCUT2D eigenvalue weighted by molar-refractivity contribution is 5.64. The van der Waals surface area contributed by atoms with Gasteiger partial charge in [-0.3, -0.25) is 0 Å². The second-order valence-electron chi connectivity index (χ2n) is 4.92. The Morgan fingerprint density at radius 1 is 1.50 bits per heavy atom. The Labute approximate surface area is 117 Å². The predicted molar refractivity (Wildman–Crippen MR) is 74.7 cm³/mol. The van der Waals surface area contributed by atoms with Gasteiger partial charge < -0.3 is 24.9 Å². The molecule has 1 saturated heterocycles. The molecule has 0 saturated carbocycles. The van der Waals surface area contributed by atoms with Crippen LogP contribution in [0, 0.1) is 0 Å². The van der Waals surface area contributed by atoms with Crippen molar-refractivity contribution in [3.63, 3.8) is 0 Å². The molecule has 2 heterocycles. The molecular formula is C12H21N5O3. The third-order valence-electron chi connectivity index (χ3n) is 3.44. The lowest BCUT2D eigenvalue weighted by Gasteiger charge is -2.36. The number of likely N-dealkylation sites (N-methyl/N-ethyl adjacent to an activating group) is 1. The predicted octanol–water partition coefficient (Wildman–Crippen LogP) is -0.252. The summed E-state index contributed by atoms with van der Waals surface area (Å²) >= 11 is 0. The SMILES string of the molecule is COc1c(NN)ncnc1N(C)CC1(O)CCOCC1. The quantitative estimate of drug-likeness (QED) is 0.502. The topological polar surface area (TPSA) is 106 Å². The highest BCUT2D eigenvalue weighted by atomic mass is 16.5. The number of nitrogens with zero attached hydrogens (tertiary/aromatic N) is 3. The van der Waals surface area contributed by atoms with E-state index in [2.05, 4.69) is 15.4 Å². The molecule has 1 aliphatic heterocycles. The Bertz CT molecular complexity index is 451. The van der Waals surface area contributed by atoms with Crippen molar-refractivity contribution in [1.82, 2.24) is 9.97 Å². The normalized spacial score (nSPS) is 17.6. The van der Waals surface area contributed by atoms with E-state index in [4.69, 9.17) is 15.3 Å². The van der Waals surface area contributed by atoms with Gasteiger partial charge in [0.15, 0.2) is 11.6 Å². The van der Waals surface area contributed by atoms with Gasteiger partial charge in [0, 0.05) is 39.6 Å². The lowest BCUT2D eigenvalue weighted by atomic mass is 9.94. The second-order valence-corrected chi connectivity index (χ2v) is 4.92. The van der Waals surface area contributed by atoms with Gasteiger partial charge in [0.2, 0.25) is 5.75 Å². The van der Waals surface area contributed by atoms with E-state index in [0.29, 0.717) is 50.0 Å². The van der Waals surface area contributed by atoms with Gasteiger partial charge in [-0.1, -0.05) is 0 Å². The molecule has 1 aromatic rings. The molecule has 8 heteroatoms. The number of nitrogens with one attached hydrogen (secondary N) is 1. The molecule has 8 nitrogen and oxygen atoms in total. The van der Waals surface area contributed by atoms with Crippen molar-refractivity contribution >= 4 is 11.6 Å². The van der Waals surface area contributed by atoms with Crippen LogP contribution in [0.5, 0.6) is 5.75 Å². The highest BCUT2D eigenvalue weighted by Gasteiger charge is 2.32. The van der Waals surface area contributed by atoms with Crippen LogP contribution < -0.4 is 20.9 Å². The lowest BCUT2D eigenvalue weighted by Crippen LogP contribution is -2.46. The molecule has 0 spiro atoms. The number of hydrogen-bond acceptors (Lipinski definition) is 8. The minimum absolute atomic E-state index is 0.406. The summed E-state index contributed by atoms with van der Waals surface area (Å²) in [5.74, 6) is 6.84. The highest BCUT2D eigenvalue weighted by Crippen LogP contribution is 2.32. The Morgan fingerprint density at radius 3 is 2.80 bits per heavy atom. The molecule has 0 bridgehead atoms. The number of nitrogens with two attached hydrogens (primary N) is 1. The first-order valence-electron chi connectivity index (χ1n) is 6.46. The minimum Gasteiger partial charge on any atom is -0.490 e. The Hall–Kier alpha value is -1.64. The van der Waals surface area contributed by atoms with Crippen LogP contribution in [0.1, 0.15) is 12.8 Å². The molecule has 0 aromatic carbocycles. The van der Waals surface area contributed by atoms with Gasteiger partial charge in [0.1, 0.15) is 6.33 Å². The van der Waals surface area contributed by atoms with Crippen LogP contribution in [0.15, 0.2) is 6.33 Å². The van der Waals surface area contributed by atoms with E-state index < -0.39 is 5.60 Å². The maximum atomic E-state index is 10.5. The summed E-state index contributed by atoms with van der Waals surface area (Å²) in [4.78, 5) is 10.0. The third kappa shape index (κ3) is 3.09. The molecule has 1 fully saturated rings. The fourth-order valence-electron chi connectivity index (χ4n) is 2.35. The van der Waals surface area contributed by atoms with Gasteiger partial charge >= 0.3 is 0 Å². The van der Waals surface area contributed by atoms with Crippen LogP contribution in [0.25, 0.3) is 0 Å². The van der Waals surface area contributed by atoms with E-state index in [1.807, 2.05) is 11.9 Å². The van der Waals surface area contributed by atoms with Crippen LogP contribution in [0.3, 0.4) is 0 Å². The van der Waals surface area contributed by atoms with E-state index in [-0.39, 0.29) is 0 Å². The number of aromatic nitrogens is 2. The van der Waals surface area contributed by atoms with E-state index in [0.717, 1.165) is 0 Å². The Balaban J connectivity index is 2.18. The summed E-state index contributed by atoms with van der Waals surface area (Å²) in [5, 5.41) is 10.5. The average Bonchev–Trinajstić information content (AvgIpc) is 2.46. The Kier molecular flexibility index (Phi) is 4.58. The maximum absolute atomic E-state index is 10.5. The van der Waals surface area contributed by atoms with Crippen LogP contribution in [0.4, 0.5) is 11.6 Å². The van der Waals surface area contributed by atoms with Crippen LogP contribution >= 0.6 is 0 Å². The van der Waals surface area contributed by atoms with Gasteiger partial charge in [0.05, 0.1) is 12.7 Å². The number of rotatable bonds is 5. The fraction of sp³-hybridized carbons (Fsp3) is 0.667. The summed E-state index contributed by atoms with van der Waals surface area (Å²) < 4.78 is 10.6. The summed E-state index contributed by atoms with van der Waals surface area (Å²) in [6.07, 6.45) is 2.61. The molecule has 0 atom stereocenters. The van der Waals surface area contributed by atoms with Gasteiger partial charge in [-0.15, -0.1) is 0 Å². The van der Waals surface area contributed by atoms with E-state index in [1.54, 1.807) is 0 Å². The smallest absolute Gasteiger partial charge is 0.205 e. The monoisotopic (exact) mass is 283 g/mol. The number of hydrogen-bond donors (Lipinski definition) is 3. The molecule has 0 aliphatic carbocycles. The first kappa shape index (κ1) is 14.8. The summed E-state index contributed by atoms with van der Waals surface area (Å²) in [7, 11) is 3.37. The second kappa shape index (κ2) is 6.21. The van der Waals surface area contributed by atoms with Crippen LogP contribution in [0.2, 0.25) is 0 Å². The number of nitrogen functional groups attached to an aromatic ring is 1. The molecule has 2 rings (SSSR count). The number of aliphatic hydroxyl groups is 1. The van der Waals surface area contributed by atoms with Crippen molar-refractivity contribution < 1.29 is 14.6 Å². The minimum atomic E-state index is -0.779. The summed E-state index contributed by atoms with van der Waals surface area (Å²) in [6.45, 7) is 1.58. The number of hydrazine groups is 1. The largest absolute Gasteiger partial charge is 0.490 e. The van der Waals surface area contributed by atoms with Crippen molar-refractivity contribution in [3.05, 3.63) is 6.33 Å².